The largest absolute Gasteiger partial charge is 0.477 e. The number of pyridine rings is 1. The molecule has 9 heteroatoms. The molecule has 0 saturated carbocycles. The number of esters is 1. The normalized spacial score (nSPS) is 11.8. The van der Waals surface area contributed by atoms with Crippen molar-refractivity contribution in [3.8, 4) is 17.3 Å². The Morgan fingerprint density at radius 2 is 1.79 bits per heavy atom. The molecule has 0 aliphatic carbocycles. The van der Waals surface area contributed by atoms with E-state index >= 15 is 0 Å². The third kappa shape index (κ3) is 5.36. The number of ketones is 1. The highest BCUT2D eigenvalue weighted by molar-refractivity contribution is 6.03. The van der Waals surface area contributed by atoms with Crippen LogP contribution in [0.15, 0.2) is 48.7 Å². The van der Waals surface area contributed by atoms with Crippen molar-refractivity contribution in [1.29, 1.82) is 0 Å². The maximum absolute atomic E-state index is 13.1. The van der Waals surface area contributed by atoms with Crippen molar-refractivity contribution in [3.05, 3.63) is 71.2 Å². The fraction of sp³-hybridized carbons (Fsp3) is 0.292. The molecular formula is C24H24F2N2O5. The van der Waals surface area contributed by atoms with Gasteiger partial charge < -0.3 is 18.8 Å². The summed E-state index contributed by atoms with van der Waals surface area (Å²) in [4.78, 5) is 29.7. The van der Waals surface area contributed by atoms with E-state index in [1.165, 1.54) is 31.3 Å². The van der Waals surface area contributed by atoms with E-state index in [1.54, 1.807) is 38.1 Å². The van der Waals surface area contributed by atoms with Crippen molar-refractivity contribution < 1.29 is 32.6 Å². The van der Waals surface area contributed by atoms with Crippen LogP contribution < -0.4 is 9.47 Å². The molecule has 0 fully saturated rings. The summed E-state index contributed by atoms with van der Waals surface area (Å²) in [6.07, 6.45) is 0.445. The molecule has 3 rings (SSSR count). The summed E-state index contributed by atoms with van der Waals surface area (Å²) in [5.74, 6) is -0.907. The predicted molar refractivity (Wildman–Crippen MR) is 116 cm³/mol. The van der Waals surface area contributed by atoms with Crippen LogP contribution in [-0.2, 0) is 4.74 Å². The summed E-state index contributed by atoms with van der Waals surface area (Å²) >= 11 is 0. The van der Waals surface area contributed by atoms with Gasteiger partial charge in [-0.15, -0.1) is 0 Å². The minimum absolute atomic E-state index is 0.0369. The van der Waals surface area contributed by atoms with Crippen molar-refractivity contribution in [2.24, 2.45) is 0 Å². The lowest BCUT2D eigenvalue weighted by Crippen LogP contribution is -2.25. The molecule has 2 heterocycles. The number of nitrogens with zero attached hydrogens (tertiary/aromatic N) is 2. The Morgan fingerprint density at radius 3 is 2.42 bits per heavy atom. The zero-order chi connectivity index (χ0) is 24.1. The van der Waals surface area contributed by atoms with Gasteiger partial charge in [0.25, 0.3) is 0 Å². The first-order chi connectivity index (χ1) is 15.7. The predicted octanol–water partition coefficient (Wildman–Crippen LogP) is 4.92. The summed E-state index contributed by atoms with van der Waals surface area (Å²) < 4.78 is 41.7. The van der Waals surface area contributed by atoms with Crippen LogP contribution in [0.3, 0.4) is 0 Å². The van der Waals surface area contributed by atoms with Gasteiger partial charge in [-0.05, 0) is 70.2 Å². The van der Waals surface area contributed by atoms with E-state index in [1.807, 2.05) is 11.5 Å². The number of hydrogen-bond donors (Lipinski definition) is 0. The molecule has 174 valence electrons. The number of halogens is 2. The molecule has 2 aromatic heterocycles. The second-order valence-electron chi connectivity index (χ2n) is 7.19. The standard InChI is InChI=1S/C24H24F2N2O5/c1-5-31-22-19(7-6-12-27-22)23(30)32-16(4)21(29)20-13-14(2)28(15(20)3)17-8-10-18(11-9-17)33-24(25)26/h6-13,16,24H,5H2,1-4H3. The number of ether oxygens (including phenoxy) is 3. The van der Waals surface area contributed by atoms with Crippen molar-refractivity contribution in [2.75, 3.05) is 6.61 Å². The van der Waals surface area contributed by atoms with E-state index < -0.39 is 18.7 Å². The summed E-state index contributed by atoms with van der Waals surface area (Å²) in [5, 5.41) is 0. The molecule has 0 aliphatic heterocycles. The topological polar surface area (TPSA) is 79.7 Å². The molecule has 1 aromatic carbocycles. The number of aromatic nitrogens is 2. The van der Waals surface area contributed by atoms with Crippen molar-refractivity contribution in [3.63, 3.8) is 0 Å². The van der Waals surface area contributed by atoms with Crippen LogP contribution in [0.5, 0.6) is 11.6 Å². The Morgan fingerprint density at radius 1 is 1.09 bits per heavy atom. The SMILES string of the molecule is CCOc1ncccc1C(=O)OC(C)C(=O)c1cc(C)n(-c2ccc(OC(F)F)cc2)c1C. The number of benzene rings is 1. The van der Waals surface area contributed by atoms with Gasteiger partial charge in [0.2, 0.25) is 11.7 Å². The second kappa shape index (κ2) is 10.2. The molecule has 0 saturated heterocycles. The highest BCUT2D eigenvalue weighted by Crippen LogP contribution is 2.25. The van der Waals surface area contributed by atoms with Gasteiger partial charge in [0.15, 0.2) is 6.10 Å². The zero-order valence-corrected chi connectivity index (χ0v) is 18.7. The quantitative estimate of drug-likeness (QED) is 0.335. The summed E-state index contributed by atoms with van der Waals surface area (Å²) in [6, 6.07) is 10.9. The smallest absolute Gasteiger partial charge is 0.387 e. The first kappa shape index (κ1) is 23.9. The first-order valence-electron chi connectivity index (χ1n) is 10.3. The first-order valence-corrected chi connectivity index (χ1v) is 10.3. The van der Waals surface area contributed by atoms with Crippen LogP contribution >= 0.6 is 0 Å². The van der Waals surface area contributed by atoms with Gasteiger partial charge in [0, 0.05) is 28.8 Å². The van der Waals surface area contributed by atoms with Crippen molar-refractivity contribution in [1.82, 2.24) is 9.55 Å². The van der Waals surface area contributed by atoms with Gasteiger partial charge in [-0.25, -0.2) is 9.78 Å². The highest BCUT2D eigenvalue weighted by Gasteiger charge is 2.26. The Hall–Kier alpha value is -3.75. The Bertz CT molecular complexity index is 1140. The molecule has 33 heavy (non-hydrogen) atoms. The van der Waals surface area contributed by atoms with Crippen LogP contribution in [0.25, 0.3) is 5.69 Å². The minimum Gasteiger partial charge on any atom is -0.477 e. The molecule has 0 amide bonds. The molecule has 3 aromatic rings. The van der Waals surface area contributed by atoms with Crippen LogP contribution in [0.4, 0.5) is 8.78 Å². The molecule has 7 nitrogen and oxygen atoms in total. The summed E-state index contributed by atoms with van der Waals surface area (Å²) in [7, 11) is 0. The summed E-state index contributed by atoms with van der Waals surface area (Å²) in [5.41, 5.74) is 2.57. The Labute approximate surface area is 189 Å². The number of carbonyl (C=O) groups is 2. The molecule has 1 atom stereocenters. The number of alkyl halides is 2. The molecule has 0 aliphatic rings. The monoisotopic (exact) mass is 458 g/mol. The van der Waals surface area contributed by atoms with Gasteiger partial charge in [0.1, 0.15) is 11.3 Å². The van der Waals surface area contributed by atoms with E-state index in [0.29, 0.717) is 23.6 Å². The lowest BCUT2D eigenvalue weighted by molar-refractivity contribution is -0.0498. The van der Waals surface area contributed by atoms with E-state index in [9.17, 15) is 18.4 Å². The third-order valence-corrected chi connectivity index (χ3v) is 4.94. The van der Waals surface area contributed by atoms with Crippen LogP contribution in [0.2, 0.25) is 0 Å². The van der Waals surface area contributed by atoms with Gasteiger partial charge >= 0.3 is 12.6 Å². The van der Waals surface area contributed by atoms with Crippen LogP contribution in [0.1, 0.15) is 46.0 Å². The zero-order valence-electron chi connectivity index (χ0n) is 18.7. The van der Waals surface area contributed by atoms with Gasteiger partial charge in [-0.3, -0.25) is 4.79 Å². The molecule has 0 spiro atoms. The maximum Gasteiger partial charge on any atom is 0.387 e. The fourth-order valence-electron chi connectivity index (χ4n) is 3.48. The van der Waals surface area contributed by atoms with Crippen molar-refractivity contribution >= 4 is 11.8 Å². The Kier molecular flexibility index (Phi) is 7.42. The average Bonchev–Trinajstić information content (AvgIpc) is 3.07. The minimum atomic E-state index is -2.91. The molecule has 0 bridgehead atoms. The second-order valence-corrected chi connectivity index (χ2v) is 7.19. The van der Waals surface area contributed by atoms with Gasteiger partial charge in [-0.2, -0.15) is 8.78 Å². The highest BCUT2D eigenvalue weighted by atomic mass is 19.3. The molecule has 1 unspecified atom stereocenters. The molecular weight excluding hydrogens is 434 g/mol. The van der Waals surface area contributed by atoms with Crippen molar-refractivity contribution in [2.45, 2.75) is 40.4 Å². The van der Waals surface area contributed by atoms with Gasteiger partial charge in [0.05, 0.1) is 6.61 Å². The Balaban J connectivity index is 1.80. The van der Waals surface area contributed by atoms with Gasteiger partial charge in [-0.1, -0.05) is 0 Å². The number of aryl methyl sites for hydroxylation is 1. The number of carbonyl (C=O) groups excluding carboxylic acids is 2. The maximum atomic E-state index is 13.1. The number of Topliss-reactive ketones (excluding diaryl/α,β-unsaturated/α-hetero) is 1. The lowest BCUT2D eigenvalue weighted by Gasteiger charge is -2.14. The van der Waals surface area contributed by atoms with E-state index in [2.05, 4.69) is 9.72 Å². The fourth-order valence-corrected chi connectivity index (χ4v) is 3.48. The third-order valence-electron chi connectivity index (χ3n) is 4.94. The molecule has 0 N–H and O–H groups in total. The lowest BCUT2D eigenvalue weighted by atomic mass is 10.1. The van der Waals surface area contributed by atoms with E-state index in [4.69, 9.17) is 9.47 Å². The number of rotatable bonds is 9. The number of hydrogen-bond acceptors (Lipinski definition) is 6. The average molecular weight is 458 g/mol. The van der Waals surface area contributed by atoms with E-state index in [-0.39, 0.29) is 23.0 Å². The van der Waals surface area contributed by atoms with Crippen LogP contribution in [-0.4, -0.2) is 40.6 Å². The summed E-state index contributed by atoms with van der Waals surface area (Å²) in [6.45, 7) is 4.26. The molecule has 0 radical (unpaired) electrons. The van der Waals surface area contributed by atoms with E-state index in [0.717, 1.165) is 5.69 Å². The van der Waals surface area contributed by atoms with Crippen LogP contribution in [0, 0.1) is 13.8 Å².